The van der Waals surface area contributed by atoms with Crippen molar-refractivity contribution in [2.45, 2.75) is 32.6 Å². The first-order valence-electron chi connectivity index (χ1n) is 7.88. The average molecular weight is 318 g/mol. The van der Waals surface area contributed by atoms with Crippen LogP contribution in [0.4, 0.5) is 10.1 Å². The number of anilines is 1. The van der Waals surface area contributed by atoms with Gasteiger partial charge in [0.25, 0.3) is 0 Å². The second-order valence-electron chi connectivity index (χ2n) is 6.27. The molecule has 0 aromatic heterocycles. The highest BCUT2D eigenvalue weighted by Crippen LogP contribution is 2.37. The van der Waals surface area contributed by atoms with Gasteiger partial charge < -0.3 is 5.32 Å². The predicted molar refractivity (Wildman–Crippen MR) is 81.9 cm³/mol. The molecule has 1 heterocycles. The Hall–Kier alpha value is -2.24. The maximum Gasteiger partial charge on any atom is 0.244 e. The molecule has 2 fully saturated rings. The zero-order chi connectivity index (χ0) is 16.6. The Kier molecular flexibility index (Phi) is 4.15. The van der Waals surface area contributed by atoms with Gasteiger partial charge >= 0.3 is 0 Å². The highest BCUT2D eigenvalue weighted by atomic mass is 19.1. The van der Waals surface area contributed by atoms with Crippen molar-refractivity contribution in [1.29, 1.82) is 0 Å². The Bertz CT molecular complexity index is 650. The van der Waals surface area contributed by atoms with Crippen LogP contribution in [0.1, 0.15) is 31.2 Å². The van der Waals surface area contributed by atoms with E-state index < -0.39 is 11.7 Å². The van der Waals surface area contributed by atoms with Crippen molar-refractivity contribution >= 4 is 23.4 Å². The standard InChI is InChI=1S/C17H19FN2O3/c1-10-6-7-11(8-14(10)18)19-15(21)9-20-16(22)12-4-2-3-5-13(12)17(20)23/h6-8,12-13H,2-5,9H2,1H3,(H,19,21). The first-order valence-corrected chi connectivity index (χ1v) is 7.88. The fourth-order valence-corrected chi connectivity index (χ4v) is 3.40. The van der Waals surface area contributed by atoms with Crippen LogP contribution < -0.4 is 5.32 Å². The maximum atomic E-state index is 13.5. The summed E-state index contributed by atoms with van der Waals surface area (Å²) in [7, 11) is 0. The molecule has 1 aliphatic carbocycles. The minimum Gasteiger partial charge on any atom is -0.324 e. The number of hydrogen-bond acceptors (Lipinski definition) is 3. The zero-order valence-electron chi connectivity index (χ0n) is 13.0. The van der Waals surface area contributed by atoms with E-state index in [0.717, 1.165) is 30.6 Å². The number of likely N-dealkylation sites (tertiary alicyclic amines) is 1. The van der Waals surface area contributed by atoms with Gasteiger partial charge in [0, 0.05) is 5.69 Å². The lowest BCUT2D eigenvalue weighted by Gasteiger charge is -2.19. The lowest BCUT2D eigenvalue weighted by molar-refractivity contribution is -0.142. The SMILES string of the molecule is Cc1ccc(NC(=O)CN2C(=O)C3CCCCC3C2=O)cc1F. The third kappa shape index (κ3) is 2.98. The number of carbonyl (C=O) groups is 3. The van der Waals surface area contributed by atoms with Crippen molar-refractivity contribution in [1.82, 2.24) is 4.90 Å². The minimum atomic E-state index is -0.492. The van der Waals surface area contributed by atoms with Crippen LogP contribution in [0.2, 0.25) is 0 Å². The van der Waals surface area contributed by atoms with Crippen LogP contribution in [0.5, 0.6) is 0 Å². The van der Waals surface area contributed by atoms with Crippen LogP contribution in [0.15, 0.2) is 18.2 Å². The third-order valence-corrected chi connectivity index (χ3v) is 4.69. The van der Waals surface area contributed by atoms with Crippen molar-refractivity contribution < 1.29 is 18.8 Å². The van der Waals surface area contributed by atoms with Gasteiger partial charge in [-0.05, 0) is 37.5 Å². The van der Waals surface area contributed by atoms with E-state index in [-0.39, 0.29) is 30.2 Å². The van der Waals surface area contributed by atoms with Crippen molar-refractivity contribution in [2.75, 3.05) is 11.9 Å². The van der Waals surface area contributed by atoms with Crippen molar-refractivity contribution in [3.63, 3.8) is 0 Å². The van der Waals surface area contributed by atoms with Gasteiger partial charge in [0.2, 0.25) is 17.7 Å². The molecule has 6 heteroatoms. The first kappa shape index (κ1) is 15.6. The maximum absolute atomic E-state index is 13.5. The summed E-state index contributed by atoms with van der Waals surface area (Å²) in [6.07, 6.45) is 3.33. The Morgan fingerprint density at radius 1 is 1.22 bits per heavy atom. The summed E-state index contributed by atoms with van der Waals surface area (Å²) in [6.45, 7) is 1.32. The van der Waals surface area contributed by atoms with Crippen LogP contribution in [-0.2, 0) is 14.4 Å². The molecule has 1 aromatic rings. The van der Waals surface area contributed by atoms with Gasteiger partial charge in [0.05, 0.1) is 11.8 Å². The molecular formula is C17H19FN2O3. The molecule has 122 valence electrons. The number of fused-ring (bicyclic) bond motifs is 1. The highest BCUT2D eigenvalue weighted by molar-refractivity contribution is 6.08. The number of halogens is 1. The Morgan fingerprint density at radius 2 is 1.83 bits per heavy atom. The van der Waals surface area contributed by atoms with E-state index in [1.165, 1.54) is 6.07 Å². The van der Waals surface area contributed by atoms with E-state index in [4.69, 9.17) is 0 Å². The number of nitrogens with one attached hydrogen (secondary N) is 1. The summed E-state index contributed by atoms with van der Waals surface area (Å²) < 4.78 is 13.5. The quantitative estimate of drug-likeness (QED) is 0.869. The summed E-state index contributed by atoms with van der Waals surface area (Å²) in [5.74, 6) is -1.92. The Balaban J connectivity index is 1.66. The fourth-order valence-electron chi connectivity index (χ4n) is 3.40. The topological polar surface area (TPSA) is 66.5 Å². The molecule has 2 atom stereocenters. The number of imide groups is 1. The summed E-state index contributed by atoms with van der Waals surface area (Å²) in [5, 5.41) is 2.53. The third-order valence-electron chi connectivity index (χ3n) is 4.69. The molecule has 3 rings (SSSR count). The Labute approximate surface area is 133 Å². The molecule has 2 aliphatic rings. The van der Waals surface area contributed by atoms with E-state index in [1.807, 2.05) is 0 Å². The first-order chi connectivity index (χ1) is 11.0. The van der Waals surface area contributed by atoms with Gasteiger partial charge in [-0.2, -0.15) is 0 Å². The van der Waals surface area contributed by atoms with E-state index in [9.17, 15) is 18.8 Å². The van der Waals surface area contributed by atoms with Crippen molar-refractivity contribution in [3.05, 3.63) is 29.6 Å². The van der Waals surface area contributed by atoms with Crippen LogP contribution in [-0.4, -0.2) is 29.2 Å². The molecule has 1 saturated heterocycles. The second-order valence-corrected chi connectivity index (χ2v) is 6.27. The zero-order valence-corrected chi connectivity index (χ0v) is 13.0. The highest BCUT2D eigenvalue weighted by Gasteiger charge is 2.48. The molecule has 2 unspecified atom stereocenters. The monoisotopic (exact) mass is 318 g/mol. The molecular weight excluding hydrogens is 299 g/mol. The summed E-state index contributed by atoms with van der Waals surface area (Å²) >= 11 is 0. The molecule has 23 heavy (non-hydrogen) atoms. The van der Waals surface area contributed by atoms with Crippen molar-refractivity contribution in [3.8, 4) is 0 Å². The van der Waals surface area contributed by atoms with Crippen LogP contribution in [0.25, 0.3) is 0 Å². The van der Waals surface area contributed by atoms with Gasteiger partial charge in [0.1, 0.15) is 12.4 Å². The van der Waals surface area contributed by atoms with E-state index in [0.29, 0.717) is 11.3 Å². The van der Waals surface area contributed by atoms with Gasteiger partial charge in [-0.3, -0.25) is 19.3 Å². The second kappa shape index (κ2) is 6.10. The molecule has 1 N–H and O–H groups in total. The predicted octanol–water partition coefficient (Wildman–Crippen LogP) is 2.25. The minimum absolute atomic E-state index is 0.245. The van der Waals surface area contributed by atoms with Gasteiger partial charge in [-0.15, -0.1) is 0 Å². The number of carbonyl (C=O) groups excluding carboxylic acids is 3. The fraction of sp³-hybridized carbons (Fsp3) is 0.471. The number of aryl methyl sites for hydroxylation is 1. The largest absolute Gasteiger partial charge is 0.324 e. The summed E-state index contributed by atoms with van der Waals surface area (Å²) in [5.41, 5.74) is 0.798. The van der Waals surface area contributed by atoms with Crippen LogP contribution >= 0.6 is 0 Å². The van der Waals surface area contributed by atoms with Gasteiger partial charge in [-0.1, -0.05) is 18.9 Å². The normalized spacial score (nSPS) is 23.8. The molecule has 0 spiro atoms. The number of amides is 3. The Morgan fingerprint density at radius 3 is 2.39 bits per heavy atom. The average Bonchev–Trinajstić information content (AvgIpc) is 2.76. The molecule has 1 aromatic carbocycles. The number of nitrogens with zero attached hydrogens (tertiary/aromatic N) is 1. The molecule has 0 bridgehead atoms. The van der Waals surface area contributed by atoms with Crippen LogP contribution in [0.3, 0.4) is 0 Å². The number of hydrogen-bond donors (Lipinski definition) is 1. The lowest BCUT2D eigenvalue weighted by Crippen LogP contribution is -2.38. The smallest absolute Gasteiger partial charge is 0.244 e. The lowest BCUT2D eigenvalue weighted by atomic mass is 9.81. The number of benzene rings is 1. The van der Waals surface area contributed by atoms with E-state index in [1.54, 1.807) is 19.1 Å². The number of rotatable bonds is 3. The molecule has 3 amide bonds. The van der Waals surface area contributed by atoms with Gasteiger partial charge in [0.15, 0.2) is 0 Å². The molecule has 5 nitrogen and oxygen atoms in total. The summed E-state index contributed by atoms with van der Waals surface area (Å²) in [6, 6.07) is 4.37. The molecule has 1 saturated carbocycles. The van der Waals surface area contributed by atoms with Gasteiger partial charge in [-0.25, -0.2) is 4.39 Å². The van der Waals surface area contributed by atoms with E-state index >= 15 is 0 Å². The van der Waals surface area contributed by atoms with Crippen molar-refractivity contribution in [2.24, 2.45) is 11.8 Å². The molecule has 0 radical (unpaired) electrons. The van der Waals surface area contributed by atoms with E-state index in [2.05, 4.69) is 5.32 Å². The summed E-state index contributed by atoms with van der Waals surface area (Å²) in [4.78, 5) is 37.7. The molecule has 1 aliphatic heterocycles. The van der Waals surface area contributed by atoms with Crippen LogP contribution in [0, 0.1) is 24.6 Å².